The van der Waals surface area contributed by atoms with E-state index in [9.17, 15) is 4.79 Å². The normalized spacial score (nSPS) is 10.9. The number of fused-ring (bicyclic) bond motifs is 1. The van der Waals surface area contributed by atoms with E-state index in [1.165, 1.54) is 0 Å². The first-order valence-electron chi connectivity index (χ1n) is 6.87. The van der Waals surface area contributed by atoms with E-state index in [2.05, 4.69) is 19.0 Å². The van der Waals surface area contributed by atoms with Crippen LogP contribution in [0, 0.1) is 0 Å². The number of amides is 1. The third-order valence-corrected chi connectivity index (χ3v) is 3.66. The van der Waals surface area contributed by atoms with Gasteiger partial charge < -0.3 is 14.6 Å². The van der Waals surface area contributed by atoms with Crippen LogP contribution in [0.2, 0.25) is 0 Å². The molecule has 0 aliphatic rings. The van der Waals surface area contributed by atoms with Crippen LogP contribution < -0.4 is 5.32 Å². The molecule has 8 heteroatoms. The average molecular weight is 317 g/mol. The largest absolute Gasteiger partial charge is 0.378 e. The number of hydrogen-bond donors (Lipinski definition) is 1. The fourth-order valence-corrected chi connectivity index (χ4v) is 2.47. The van der Waals surface area contributed by atoms with Crippen LogP contribution in [-0.4, -0.2) is 44.0 Å². The molecule has 0 saturated heterocycles. The molecule has 3 rings (SSSR count). The molecule has 1 N–H and O–H groups in total. The van der Waals surface area contributed by atoms with Crippen molar-refractivity contribution in [2.24, 2.45) is 0 Å². The third-order valence-electron chi connectivity index (χ3n) is 3.10. The quantitative estimate of drug-likeness (QED) is 0.665. The molecule has 2 aromatic heterocycles. The molecule has 1 amide bonds. The maximum Gasteiger partial charge on any atom is 0.251 e. The number of carbonyl (C=O) groups is 1. The minimum atomic E-state index is -0.131. The average Bonchev–Trinajstić information content (AvgIpc) is 3.20. The van der Waals surface area contributed by atoms with Gasteiger partial charge in [0.25, 0.3) is 5.91 Å². The van der Waals surface area contributed by atoms with Crippen LogP contribution in [0.1, 0.15) is 10.4 Å². The predicted molar refractivity (Wildman–Crippen MR) is 82.8 cm³/mol. The molecule has 0 spiro atoms. The Bertz CT molecular complexity index is 741. The molecule has 0 aliphatic heterocycles. The highest BCUT2D eigenvalue weighted by molar-refractivity contribution is 7.00. The zero-order chi connectivity index (χ0) is 15.2. The zero-order valence-electron chi connectivity index (χ0n) is 11.8. The number of ether oxygens (including phenoxy) is 1. The Hall–Kier alpha value is -2.32. The number of benzene rings is 1. The van der Waals surface area contributed by atoms with Gasteiger partial charge in [0.1, 0.15) is 11.0 Å². The number of aromatic nitrogens is 4. The molecule has 0 atom stereocenters. The maximum absolute atomic E-state index is 12.0. The molecule has 2 heterocycles. The molecule has 3 aromatic rings. The lowest BCUT2D eigenvalue weighted by Crippen LogP contribution is -2.27. The van der Waals surface area contributed by atoms with Gasteiger partial charge in [-0.25, -0.2) is 4.98 Å². The molecule has 0 aliphatic carbocycles. The van der Waals surface area contributed by atoms with Crippen molar-refractivity contribution < 1.29 is 9.53 Å². The van der Waals surface area contributed by atoms with Crippen LogP contribution in [0.15, 0.2) is 36.9 Å². The summed E-state index contributed by atoms with van der Waals surface area (Å²) < 4.78 is 15.6. The molecule has 114 valence electrons. The number of nitrogens with one attached hydrogen (secondary N) is 1. The van der Waals surface area contributed by atoms with Crippen LogP contribution in [0.5, 0.6) is 0 Å². The van der Waals surface area contributed by atoms with Gasteiger partial charge in [-0.1, -0.05) is 0 Å². The van der Waals surface area contributed by atoms with E-state index in [1.54, 1.807) is 30.7 Å². The summed E-state index contributed by atoms with van der Waals surface area (Å²) in [4.78, 5) is 16.0. The Labute approximate surface area is 131 Å². The highest BCUT2D eigenvalue weighted by Gasteiger charge is 2.07. The fraction of sp³-hybridized carbons (Fsp3) is 0.286. The molecular formula is C14H15N5O2S. The number of imidazole rings is 1. The van der Waals surface area contributed by atoms with Gasteiger partial charge in [-0.3, -0.25) is 4.79 Å². The summed E-state index contributed by atoms with van der Waals surface area (Å²) in [6.07, 6.45) is 5.36. The van der Waals surface area contributed by atoms with Gasteiger partial charge >= 0.3 is 0 Å². The lowest BCUT2D eigenvalue weighted by atomic mass is 10.2. The van der Waals surface area contributed by atoms with Crippen LogP contribution >= 0.6 is 11.7 Å². The van der Waals surface area contributed by atoms with E-state index in [0.29, 0.717) is 25.3 Å². The topological polar surface area (TPSA) is 81.9 Å². The molecule has 7 nitrogen and oxygen atoms in total. The number of hydrogen-bond acceptors (Lipinski definition) is 6. The monoisotopic (exact) mass is 317 g/mol. The second-order valence-electron chi connectivity index (χ2n) is 4.64. The second-order valence-corrected chi connectivity index (χ2v) is 5.16. The van der Waals surface area contributed by atoms with Crippen molar-refractivity contribution in [1.29, 1.82) is 0 Å². The van der Waals surface area contributed by atoms with Crippen LogP contribution in [0.3, 0.4) is 0 Å². The van der Waals surface area contributed by atoms with Crippen LogP contribution in [0.4, 0.5) is 0 Å². The molecule has 0 radical (unpaired) electrons. The van der Waals surface area contributed by atoms with Gasteiger partial charge in [-0.05, 0) is 18.2 Å². The lowest BCUT2D eigenvalue weighted by molar-refractivity contribution is 0.0908. The zero-order valence-corrected chi connectivity index (χ0v) is 12.6. The van der Waals surface area contributed by atoms with Gasteiger partial charge in [-0.15, -0.1) is 0 Å². The van der Waals surface area contributed by atoms with E-state index >= 15 is 0 Å². The summed E-state index contributed by atoms with van der Waals surface area (Å²) in [5, 5.41) is 2.82. The Kier molecular flexibility index (Phi) is 4.71. The van der Waals surface area contributed by atoms with Gasteiger partial charge in [0.2, 0.25) is 0 Å². The van der Waals surface area contributed by atoms with Gasteiger partial charge in [0.05, 0.1) is 31.3 Å². The van der Waals surface area contributed by atoms with E-state index < -0.39 is 0 Å². The first-order chi connectivity index (χ1) is 10.8. The number of rotatable bonds is 7. The van der Waals surface area contributed by atoms with Gasteiger partial charge in [0.15, 0.2) is 0 Å². The van der Waals surface area contributed by atoms with E-state index in [4.69, 9.17) is 4.74 Å². The van der Waals surface area contributed by atoms with Crippen molar-refractivity contribution in [1.82, 2.24) is 23.6 Å². The number of nitrogens with zero attached hydrogens (tertiary/aromatic N) is 4. The van der Waals surface area contributed by atoms with Crippen LogP contribution in [-0.2, 0) is 11.3 Å². The smallest absolute Gasteiger partial charge is 0.251 e. The van der Waals surface area contributed by atoms with Gasteiger partial charge in [-0.2, -0.15) is 8.75 Å². The summed E-state index contributed by atoms with van der Waals surface area (Å²) in [5.41, 5.74) is 2.14. The maximum atomic E-state index is 12.0. The molecule has 0 bridgehead atoms. The van der Waals surface area contributed by atoms with E-state index in [-0.39, 0.29) is 5.91 Å². The molecule has 0 saturated carbocycles. The molecule has 0 fully saturated rings. The van der Waals surface area contributed by atoms with Crippen molar-refractivity contribution in [3.63, 3.8) is 0 Å². The van der Waals surface area contributed by atoms with Crippen molar-refractivity contribution in [2.75, 3.05) is 19.8 Å². The first-order valence-corrected chi connectivity index (χ1v) is 7.60. The fourth-order valence-electron chi connectivity index (χ4n) is 1.95. The Morgan fingerprint density at radius 2 is 2.18 bits per heavy atom. The molecular weight excluding hydrogens is 302 g/mol. The summed E-state index contributed by atoms with van der Waals surface area (Å²) in [6, 6.07) is 5.29. The summed E-state index contributed by atoms with van der Waals surface area (Å²) >= 11 is 1.14. The lowest BCUT2D eigenvalue weighted by Gasteiger charge is -2.07. The number of carbonyl (C=O) groups excluding carboxylic acids is 1. The third kappa shape index (κ3) is 3.66. The van der Waals surface area contributed by atoms with Crippen LogP contribution in [0.25, 0.3) is 11.0 Å². The van der Waals surface area contributed by atoms with Crippen molar-refractivity contribution in [3.8, 4) is 0 Å². The molecule has 1 aromatic carbocycles. The van der Waals surface area contributed by atoms with E-state index in [0.717, 1.165) is 29.3 Å². The minimum Gasteiger partial charge on any atom is -0.378 e. The minimum absolute atomic E-state index is 0.131. The van der Waals surface area contributed by atoms with E-state index in [1.807, 2.05) is 10.8 Å². The first kappa shape index (κ1) is 14.6. The summed E-state index contributed by atoms with van der Waals surface area (Å²) in [7, 11) is 0. The molecule has 22 heavy (non-hydrogen) atoms. The van der Waals surface area contributed by atoms with Crippen molar-refractivity contribution >= 4 is 28.7 Å². The Balaban J connectivity index is 1.38. The SMILES string of the molecule is O=C(NCCOCCn1ccnc1)c1ccc2nsnc2c1. The van der Waals surface area contributed by atoms with Gasteiger partial charge in [0, 0.05) is 31.0 Å². The Morgan fingerprint density at radius 1 is 1.27 bits per heavy atom. The highest BCUT2D eigenvalue weighted by Crippen LogP contribution is 2.13. The van der Waals surface area contributed by atoms with Crippen molar-refractivity contribution in [3.05, 3.63) is 42.5 Å². The predicted octanol–water partition coefficient (Wildman–Crippen LogP) is 1.33. The summed E-state index contributed by atoms with van der Waals surface area (Å²) in [6.45, 7) is 2.28. The summed E-state index contributed by atoms with van der Waals surface area (Å²) in [5.74, 6) is -0.131. The standard InChI is InChI=1S/C14H15N5O2S/c20-14(11-1-2-12-13(9-11)18-22-17-12)16-4-7-21-8-6-19-5-3-15-10-19/h1-3,5,9-10H,4,6-8H2,(H,16,20). The highest BCUT2D eigenvalue weighted by atomic mass is 32.1. The molecule has 0 unspecified atom stereocenters. The second kappa shape index (κ2) is 7.10. The Morgan fingerprint density at radius 3 is 3.05 bits per heavy atom. The van der Waals surface area contributed by atoms with Crippen molar-refractivity contribution in [2.45, 2.75) is 6.54 Å².